The van der Waals surface area contributed by atoms with E-state index in [0.29, 0.717) is 40.0 Å². The van der Waals surface area contributed by atoms with E-state index in [1.807, 2.05) is 111 Å². The van der Waals surface area contributed by atoms with Crippen LogP contribution in [-0.2, 0) is 0 Å². The maximum absolute atomic E-state index is 14.1. The first-order valence-electron chi connectivity index (χ1n) is 14.4. The smallest absolute Gasteiger partial charge is 0.268 e. The molecule has 1 aliphatic rings. The minimum Gasteiger partial charge on any atom is -0.308 e. The molecule has 2 aromatic heterocycles. The first-order chi connectivity index (χ1) is 21.5. The van der Waals surface area contributed by atoms with E-state index >= 15 is 0 Å². The van der Waals surface area contributed by atoms with Gasteiger partial charge in [-0.2, -0.15) is 0 Å². The van der Waals surface area contributed by atoms with Gasteiger partial charge in [0.1, 0.15) is 11.6 Å². The summed E-state index contributed by atoms with van der Waals surface area (Å²) in [5.41, 5.74) is 6.78. The van der Waals surface area contributed by atoms with Gasteiger partial charge in [0.15, 0.2) is 5.82 Å². The van der Waals surface area contributed by atoms with Gasteiger partial charge in [-0.05, 0) is 73.5 Å². The number of aryl methyl sites for hydroxylation is 2. The molecule has 0 fully saturated rings. The van der Waals surface area contributed by atoms with Crippen molar-refractivity contribution < 1.29 is 9.59 Å². The Kier molecular flexibility index (Phi) is 5.74. The zero-order valence-corrected chi connectivity index (χ0v) is 24.0. The highest BCUT2D eigenvalue weighted by molar-refractivity contribution is 6.35. The maximum atomic E-state index is 14.1. The highest BCUT2D eigenvalue weighted by atomic mass is 16.2. The third-order valence-electron chi connectivity index (χ3n) is 8.16. The van der Waals surface area contributed by atoms with Gasteiger partial charge in [0.25, 0.3) is 11.8 Å². The number of anilines is 1. The summed E-state index contributed by atoms with van der Waals surface area (Å²) in [6.45, 7) is 3.72. The highest BCUT2D eigenvalue weighted by Crippen LogP contribution is 2.39. The molecule has 2 amide bonds. The number of amides is 2. The van der Waals surface area contributed by atoms with Crippen LogP contribution in [-0.4, -0.2) is 31.3 Å². The van der Waals surface area contributed by atoms with Crippen molar-refractivity contribution in [2.75, 3.05) is 4.90 Å². The van der Waals surface area contributed by atoms with Crippen LogP contribution in [0.15, 0.2) is 115 Å². The van der Waals surface area contributed by atoms with Crippen LogP contribution in [0.5, 0.6) is 0 Å². The van der Waals surface area contributed by atoms with Gasteiger partial charge in [0.2, 0.25) is 0 Å². The Labute approximate surface area is 253 Å². The number of carbonyl (C=O) groups excluding carboxylic acids is 2. The molecule has 1 aliphatic heterocycles. The molecule has 0 saturated carbocycles. The second kappa shape index (κ2) is 9.81. The fourth-order valence-corrected chi connectivity index (χ4v) is 6.24. The molecule has 0 radical (unpaired) electrons. The quantitative estimate of drug-likeness (QED) is 0.202. The molecule has 0 atom stereocenters. The first kappa shape index (κ1) is 25.7. The summed E-state index contributed by atoms with van der Waals surface area (Å²) in [7, 11) is 0. The Morgan fingerprint density at radius 2 is 1.20 bits per heavy atom. The lowest BCUT2D eigenvalue weighted by molar-refractivity contribution is 0.0926. The number of imide groups is 1. The zero-order chi connectivity index (χ0) is 29.9. The van der Waals surface area contributed by atoms with E-state index in [-0.39, 0.29) is 11.8 Å². The molecule has 0 aliphatic carbocycles. The molecular formula is C37H25N5O2. The minimum atomic E-state index is -0.341. The fraction of sp³-hybridized carbons (Fsp3) is 0.0541. The number of nitrogens with zero attached hydrogens (tertiary/aromatic N) is 5. The number of para-hydroxylation sites is 1. The number of benzene rings is 5. The lowest BCUT2D eigenvalue weighted by Gasteiger charge is -2.15. The van der Waals surface area contributed by atoms with Crippen LogP contribution in [0.3, 0.4) is 0 Å². The predicted octanol–water partition coefficient (Wildman–Crippen LogP) is 7.72. The Balaban J connectivity index is 1.27. The Morgan fingerprint density at radius 3 is 1.98 bits per heavy atom. The van der Waals surface area contributed by atoms with E-state index in [4.69, 9.17) is 0 Å². The van der Waals surface area contributed by atoms with Crippen LogP contribution in [0.25, 0.3) is 50.0 Å². The second-order valence-electron chi connectivity index (χ2n) is 10.9. The average molecular weight is 572 g/mol. The van der Waals surface area contributed by atoms with Gasteiger partial charge < -0.3 is 4.57 Å². The van der Waals surface area contributed by atoms with E-state index < -0.39 is 0 Å². The van der Waals surface area contributed by atoms with Crippen LogP contribution in [0, 0.1) is 13.8 Å². The van der Waals surface area contributed by atoms with Crippen LogP contribution in [0.2, 0.25) is 0 Å². The molecule has 0 spiro atoms. The van der Waals surface area contributed by atoms with E-state index in [9.17, 15) is 9.59 Å². The van der Waals surface area contributed by atoms with Crippen molar-refractivity contribution in [3.8, 4) is 28.2 Å². The molecule has 7 heteroatoms. The van der Waals surface area contributed by atoms with E-state index in [1.165, 1.54) is 4.90 Å². The van der Waals surface area contributed by atoms with Crippen molar-refractivity contribution in [2.45, 2.75) is 13.8 Å². The van der Waals surface area contributed by atoms with Gasteiger partial charge in [-0.15, -0.1) is 0 Å². The zero-order valence-electron chi connectivity index (χ0n) is 24.0. The second-order valence-corrected chi connectivity index (χ2v) is 10.9. The molecule has 0 N–H and O–H groups in total. The molecule has 0 saturated heterocycles. The molecule has 7 nitrogen and oxygen atoms in total. The van der Waals surface area contributed by atoms with Crippen LogP contribution >= 0.6 is 0 Å². The summed E-state index contributed by atoms with van der Waals surface area (Å²) in [5, 5.41) is 2.02. The van der Waals surface area contributed by atoms with Gasteiger partial charge in [-0.1, -0.05) is 66.7 Å². The first-order valence-corrected chi connectivity index (χ1v) is 14.4. The van der Waals surface area contributed by atoms with Gasteiger partial charge >= 0.3 is 0 Å². The molecule has 210 valence electrons. The maximum Gasteiger partial charge on any atom is 0.268 e. The van der Waals surface area contributed by atoms with Crippen LogP contribution in [0.1, 0.15) is 32.4 Å². The molecule has 44 heavy (non-hydrogen) atoms. The lowest BCUT2D eigenvalue weighted by Crippen LogP contribution is -2.29. The van der Waals surface area contributed by atoms with Crippen molar-refractivity contribution in [2.24, 2.45) is 0 Å². The van der Waals surface area contributed by atoms with Gasteiger partial charge in [0, 0.05) is 16.3 Å². The van der Waals surface area contributed by atoms with E-state index in [2.05, 4.69) is 31.7 Å². The molecule has 0 bridgehead atoms. The molecule has 5 aromatic carbocycles. The van der Waals surface area contributed by atoms with Crippen molar-refractivity contribution in [1.29, 1.82) is 0 Å². The molecule has 3 heterocycles. The monoisotopic (exact) mass is 571 g/mol. The molecule has 0 unspecified atom stereocenters. The molecular weight excluding hydrogens is 546 g/mol. The van der Waals surface area contributed by atoms with Crippen molar-refractivity contribution in [3.63, 3.8) is 0 Å². The Hall–Kier alpha value is -5.95. The predicted molar refractivity (Wildman–Crippen MR) is 172 cm³/mol. The van der Waals surface area contributed by atoms with Gasteiger partial charge in [-0.3, -0.25) is 9.59 Å². The molecule has 7 aromatic rings. The third-order valence-corrected chi connectivity index (χ3v) is 8.16. The largest absolute Gasteiger partial charge is 0.308 e. The third kappa shape index (κ3) is 3.94. The van der Waals surface area contributed by atoms with Crippen LogP contribution < -0.4 is 4.90 Å². The van der Waals surface area contributed by atoms with Gasteiger partial charge in [0.05, 0.1) is 33.5 Å². The lowest BCUT2D eigenvalue weighted by atomic mass is 10.1. The average Bonchev–Trinajstić information content (AvgIpc) is 3.51. The van der Waals surface area contributed by atoms with Crippen LogP contribution in [0.4, 0.5) is 5.69 Å². The number of carbonyl (C=O) groups is 2. The highest BCUT2D eigenvalue weighted by Gasteiger charge is 2.39. The number of hydrogen-bond acceptors (Lipinski definition) is 5. The number of aromatic nitrogens is 4. The number of rotatable bonds is 4. The molecule has 8 rings (SSSR count). The number of fused-ring (bicyclic) bond motifs is 4. The topological polar surface area (TPSA) is 81.0 Å². The van der Waals surface area contributed by atoms with Gasteiger partial charge in [-0.25, -0.2) is 19.9 Å². The summed E-state index contributed by atoms with van der Waals surface area (Å²) in [4.78, 5) is 42.6. The standard InChI is InChI=1S/C37H25N5O2/c1-22-38-23(2)40-35(39-22)26-17-20-32-30(21-26)28-11-6-7-13-31(28)42(32)33-14-8-12-29-34(33)37(44)41(36(29)43)27-18-15-25(16-19-27)24-9-4-3-5-10-24/h3-21H,1-2H3. The van der Waals surface area contributed by atoms with Crippen molar-refractivity contribution >= 4 is 39.3 Å². The number of hydrogen-bond donors (Lipinski definition) is 0. The SMILES string of the molecule is Cc1nc(C)nc(-c2ccc3c(c2)c2ccccc2n3-c2cccc3c2C(=O)N(c2ccc(-c4ccccc4)cc2)C3=O)n1. The van der Waals surface area contributed by atoms with E-state index in [0.717, 1.165) is 38.5 Å². The van der Waals surface area contributed by atoms with Crippen molar-refractivity contribution in [1.82, 2.24) is 19.5 Å². The normalized spacial score (nSPS) is 12.8. The Morgan fingerprint density at radius 1 is 0.545 bits per heavy atom. The Bertz CT molecular complexity index is 2270. The fourth-order valence-electron chi connectivity index (χ4n) is 6.24. The summed E-state index contributed by atoms with van der Waals surface area (Å²) in [6.07, 6.45) is 0. The summed E-state index contributed by atoms with van der Waals surface area (Å²) in [5.74, 6) is 1.27. The summed E-state index contributed by atoms with van der Waals surface area (Å²) < 4.78 is 2.07. The minimum absolute atomic E-state index is 0.331. The summed E-state index contributed by atoms with van der Waals surface area (Å²) in [6, 6.07) is 37.2. The summed E-state index contributed by atoms with van der Waals surface area (Å²) >= 11 is 0. The van der Waals surface area contributed by atoms with E-state index in [1.54, 1.807) is 6.07 Å². The van der Waals surface area contributed by atoms with Crippen molar-refractivity contribution in [3.05, 3.63) is 138 Å².